The molecule has 3 saturated heterocycles. The zero-order valence-corrected chi connectivity index (χ0v) is 44.4. The molecule has 0 saturated carbocycles. The van der Waals surface area contributed by atoms with Crippen molar-refractivity contribution in [2.45, 2.75) is 203 Å². The molecule has 0 aromatic rings. The predicted molar refractivity (Wildman–Crippen MR) is 258 cm³/mol. The van der Waals surface area contributed by atoms with Gasteiger partial charge in [-0.15, -0.1) is 0 Å². The SMILES string of the molecule is CC[C@H]1OC(=O)C[C@@H](O)[C@H](C)[C@@H](O[C@@H]2O[C@H](C)[C@@H](O[C@H]3C[C@@](C)(O)[C@@H](O)[C@H](C)O3)[C@H](N(C)C)[C@H]2O)[C@@H](CC=O)C[C@@H](C)C(=O)/C=C/C(C)=C/[C@@H]1CO[C@@H]1O[C@H](C)[C@@H](O)[C@@H](OC)[C@H]1OC.O=C(O)[C@H](O)[C@@H](O)C(=O)O. The van der Waals surface area contributed by atoms with Crippen LogP contribution < -0.4 is 0 Å². The molecule has 0 aromatic carbocycles. The number of methoxy groups -OCH3 is 2. The summed E-state index contributed by atoms with van der Waals surface area (Å²) < 4.78 is 54.7. The number of ether oxygens (including phenoxy) is 9. The van der Waals surface area contributed by atoms with Crippen molar-refractivity contribution in [1.82, 2.24) is 4.90 Å². The van der Waals surface area contributed by atoms with Crippen LogP contribution >= 0.6 is 0 Å². The van der Waals surface area contributed by atoms with E-state index in [4.69, 9.17) is 63.1 Å². The Bertz CT molecular complexity index is 1850. The number of cyclic esters (lactones) is 1. The van der Waals surface area contributed by atoms with Crippen molar-refractivity contribution < 1.29 is 113 Å². The van der Waals surface area contributed by atoms with E-state index in [1.165, 1.54) is 27.2 Å². The lowest BCUT2D eigenvalue weighted by molar-refractivity contribution is -0.341. The molecule has 0 bridgehead atoms. The summed E-state index contributed by atoms with van der Waals surface area (Å²) in [6.07, 6.45) is -13.0. The first kappa shape index (κ1) is 64.9. The number of hydrogen-bond donors (Lipinski definition) is 9. The molecule has 74 heavy (non-hydrogen) atoms. The summed E-state index contributed by atoms with van der Waals surface area (Å²) in [5, 5.41) is 88.3. The molecule has 3 fully saturated rings. The van der Waals surface area contributed by atoms with Crippen molar-refractivity contribution in [2.24, 2.45) is 23.7 Å². The predicted octanol–water partition coefficient (Wildman–Crippen LogP) is -0.289. The van der Waals surface area contributed by atoms with E-state index in [-0.39, 0.29) is 31.7 Å². The molecule has 24 nitrogen and oxygen atoms in total. The standard InChI is InChI=1S/C46H77NO17.C4H6O6/c1-13-33-30(22-58-45-42(57-12)41(56-11)37(52)26(5)60-45)18-23(2)14-15-31(49)24(3)19-29(16-17-48)39(25(4)32(50)20-34(51)62-33)64-44-38(53)36(47(9)10)40(27(6)61-44)63-35-21-46(8,55)43(54)28(7)59-35;5-1(3(7)8)2(6)4(9)10/h14-15,17-18,24-30,32-33,35-45,50,52-55H,13,16,19-22H2,1-12H3;1-2,5-6H,(H,7,8)(H,9,10)/b15-14+,23-18+;/t24-,25+,26-,27-,28+,29+,30-,32-,33-,35+,36-,37-,38-,39-,40-,41-,42-,43+,44+,45-,46-;1-,2-/m11/s1. The molecular formula is C50H83NO23. The minimum Gasteiger partial charge on any atom is -0.479 e. The van der Waals surface area contributed by atoms with Crippen molar-refractivity contribution in [3.05, 3.63) is 23.8 Å². The molecule has 4 aliphatic rings. The normalized spacial score (nSPS) is 41.9. The minimum absolute atomic E-state index is 0.00788. The largest absolute Gasteiger partial charge is 0.479 e. The molecule has 9 N–H and O–H groups in total. The lowest BCUT2D eigenvalue weighted by Crippen LogP contribution is -2.65. The summed E-state index contributed by atoms with van der Waals surface area (Å²) in [5.74, 6) is -7.13. The number of ketones is 1. The van der Waals surface area contributed by atoms with Crippen LogP contribution in [0.1, 0.15) is 87.5 Å². The molecule has 426 valence electrons. The highest BCUT2D eigenvalue weighted by atomic mass is 16.7. The van der Waals surface area contributed by atoms with Crippen LogP contribution in [0.2, 0.25) is 0 Å². The fraction of sp³-hybridized carbons (Fsp3) is 0.820. The number of carboxylic acid groups (broad SMARTS) is 2. The van der Waals surface area contributed by atoms with Crippen LogP contribution in [0.15, 0.2) is 23.8 Å². The zero-order chi connectivity index (χ0) is 56.1. The van der Waals surface area contributed by atoms with Gasteiger partial charge in [0.1, 0.15) is 49.0 Å². The Kier molecular flexibility index (Phi) is 25.7. The van der Waals surface area contributed by atoms with Gasteiger partial charge < -0.3 is 98.3 Å². The monoisotopic (exact) mass is 1070 g/mol. The van der Waals surface area contributed by atoms with Crippen molar-refractivity contribution in [2.75, 3.05) is 34.9 Å². The Labute approximate surface area is 432 Å². The van der Waals surface area contributed by atoms with Gasteiger partial charge in [-0.05, 0) is 73.5 Å². The second kappa shape index (κ2) is 29.4. The van der Waals surface area contributed by atoms with Gasteiger partial charge in [-0.25, -0.2) is 9.59 Å². The highest BCUT2D eigenvalue weighted by molar-refractivity contribution is 5.91. The number of hydrogen-bond acceptors (Lipinski definition) is 22. The van der Waals surface area contributed by atoms with Crippen molar-refractivity contribution in [3.63, 3.8) is 0 Å². The number of aliphatic carboxylic acids is 2. The molecule has 4 heterocycles. The van der Waals surface area contributed by atoms with E-state index in [1.807, 2.05) is 19.9 Å². The van der Waals surface area contributed by atoms with E-state index in [9.17, 15) is 49.5 Å². The second-order valence-electron chi connectivity index (χ2n) is 20.3. The summed E-state index contributed by atoms with van der Waals surface area (Å²) in [6, 6.07) is -0.748. The summed E-state index contributed by atoms with van der Waals surface area (Å²) in [6.45, 7) is 13.6. The average molecular weight is 1070 g/mol. The molecule has 0 aromatic heterocycles. The van der Waals surface area contributed by atoms with Crippen molar-refractivity contribution in [1.29, 1.82) is 0 Å². The molecule has 0 radical (unpaired) electrons. The second-order valence-corrected chi connectivity index (χ2v) is 20.3. The first-order valence-electron chi connectivity index (χ1n) is 25.0. The van der Waals surface area contributed by atoms with Crippen LogP contribution in [0.25, 0.3) is 0 Å². The van der Waals surface area contributed by atoms with Crippen LogP contribution in [-0.4, -0.2) is 232 Å². The van der Waals surface area contributed by atoms with Crippen molar-refractivity contribution in [3.8, 4) is 0 Å². The molecule has 0 unspecified atom stereocenters. The van der Waals surface area contributed by atoms with Gasteiger partial charge in [0.25, 0.3) is 0 Å². The number of aliphatic hydroxyl groups excluding tert-OH is 6. The third kappa shape index (κ3) is 17.3. The number of esters is 1. The topological polar surface area (TPSA) is 354 Å². The quantitative estimate of drug-likeness (QED) is 0.0708. The van der Waals surface area contributed by atoms with Gasteiger partial charge in [-0.2, -0.15) is 0 Å². The van der Waals surface area contributed by atoms with E-state index in [0.29, 0.717) is 12.0 Å². The number of nitrogens with zero attached hydrogens (tertiary/aromatic N) is 1. The highest BCUT2D eigenvalue weighted by Crippen LogP contribution is 2.37. The van der Waals surface area contributed by atoms with Gasteiger partial charge in [0.15, 0.2) is 36.9 Å². The first-order chi connectivity index (χ1) is 34.5. The van der Waals surface area contributed by atoms with Gasteiger partial charge in [0, 0.05) is 44.8 Å². The molecule has 24 heteroatoms. The first-order valence-corrected chi connectivity index (χ1v) is 25.0. The Morgan fingerprint density at radius 1 is 0.838 bits per heavy atom. The van der Waals surface area contributed by atoms with Crippen molar-refractivity contribution >= 4 is 30.0 Å². The van der Waals surface area contributed by atoms with E-state index in [0.717, 1.165) is 6.29 Å². The fourth-order valence-corrected chi connectivity index (χ4v) is 9.78. The zero-order valence-electron chi connectivity index (χ0n) is 44.4. The van der Waals surface area contributed by atoms with Gasteiger partial charge >= 0.3 is 17.9 Å². The van der Waals surface area contributed by atoms with Gasteiger partial charge in [-0.1, -0.05) is 38.5 Å². The average Bonchev–Trinajstić information content (AvgIpc) is 3.33. The summed E-state index contributed by atoms with van der Waals surface area (Å²) >= 11 is 0. The number of carboxylic acids is 2. The van der Waals surface area contributed by atoms with Crippen LogP contribution in [0.3, 0.4) is 0 Å². The molecule has 23 atom stereocenters. The van der Waals surface area contributed by atoms with E-state index in [2.05, 4.69) is 0 Å². The number of carbonyl (C=O) groups excluding carboxylic acids is 3. The maximum Gasteiger partial charge on any atom is 0.335 e. The van der Waals surface area contributed by atoms with Gasteiger partial charge in [0.2, 0.25) is 0 Å². The number of aliphatic hydroxyl groups is 7. The lowest BCUT2D eigenvalue weighted by Gasteiger charge is -2.50. The Morgan fingerprint density at radius 2 is 1.43 bits per heavy atom. The molecule has 4 aliphatic heterocycles. The smallest absolute Gasteiger partial charge is 0.335 e. The summed E-state index contributed by atoms with van der Waals surface area (Å²) in [5.41, 5.74) is -0.806. The Balaban J connectivity index is 0.00000130. The van der Waals surface area contributed by atoms with Crippen LogP contribution in [0.4, 0.5) is 0 Å². The highest BCUT2D eigenvalue weighted by Gasteiger charge is 2.52. The lowest BCUT2D eigenvalue weighted by atomic mass is 9.79. The maximum absolute atomic E-state index is 13.8. The number of rotatable bonds is 16. The number of allylic oxidation sites excluding steroid dienone is 3. The van der Waals surface area contributed by atoms with E-state index in [1.54, 1.807) is 59.7 Å². The number of carbonyl (C=O) groups is 5. The summed E-state index contributed by atoms with van der Waals surface area (Å²) in [4.78, 5) is 61.1. The van der Waals surface area contributed by atoms with Crippen LogP contribution in [0, 0.1) is 23.7 Å². The fourth-order valence-electron chi connectivity index (χ4n) is 9.78. The molecule has 4 rings (SSSR count). The maximum atomic E-state index is 13.8. The number of likely N-dealkylation sites (N-methyl/N-ethyl adjacent to an activating group) is 1. The molecule has 0 aliphatic carbocycles. The van der Waals surface area contributed by atoms with Crippen LogP contribution in [0.5, 0.6) is 0 Å². The molecule has 0 amide bonds. The van der Waals surface area contributed by atoms with Gasteiger partial charge in [0.05, 0.1) is 55.2 Å². The van der Waals surface area contributed by atoms with Crippen LogP contribution in [-0.2, 0) is 66.6 Å². The Hall–Kier alpha value is -3.41. The summed E-state index contributed by atoms with van der Waals surface area (Å²) in [7, 11) is 6.43. The molecule has 0 spiro atoms. The van der Waals surface area contributed by atoms with E-state index >= 15 is 0 Å². The third-order valence-corrected chi connectivity index (χ3v) is 14.2. The van der Waals surface area contributed by atoms with Gasteiger partial charge in [-0.3, -0.25) is 9.59 Å². The Morgan fingerprint density at radius 3 is 1.96 bits per heavy atom. The molecular weight excluding hydrogens is 983 g/mol. The third-order valence-electron chi connectivity index (χ3n) is 14.2. The van der Waals surface area contributed by atoms with E-state index < -0.39 is 164 Å². The number of aldehydes is 1. The minimum atomic E-state index is -2.27.